The lowest BCUT2D eigenvalue weighted by molar-refractivity contribution is 0.118. The molecule has 2 N–H and O–H groups in total. The van der Waals surface area contributed by atoms with E-state index >= 15 is 0 Å². The van der Waals surface area contributed by atoms with E-state index in [4.69, 9.17) is 14.9 Å². The van der Waals surface area contributed by atoms with Crippen LogP contribution in [-0.2, 0) is 10.5 Å². The molecule has 2 aromatic heterocycles. The van der Waals surface area contributed by atoms with Crippen LogP contribution in [0.3, 0.4) is 0 Å². The van der Waals surface area contributed by atoms with E-state index in [1.165, 1.54) is 11.8 Å². The standard InChI is InChI=1S/C15H19N3O2S2/c1-10-4-5-13(20-10)14-18-11(8-21-14)9-22-15(16)17-7-12-3-2-6-19-12/h4-5,8,12H,2-3,6-7,9H2,1H3,(H2,16,17). The largest absolute Gasteiger partial charge is 0.459 e. The maximum atomic E-state index is 5.94. The van der Waals surface area contributed by atoms with E-state index in [-0.39, 0.29) is 6.10 Å². The molecule has 1 atom stereocenters. The molecular weight excluding hydrogens is 318 g/mol. The summed E-state index contributed by atoms with van der Waals surface area (Å²) in [6.07, 6.45) is 2.45. The van der Waals surface area contributed by atoms with Gasteiger partial charge in [0.25, 0.3) is 0 Å². The van der Waals surface area contributed by atoms with Crippen molar-refractivity contribution in [2.75, 3.05) is 13.2 Å². The Morgan fingerprint density at radius 1 is 1.55 bits per heavy atom. The van der Waals surface area contributed by atoms with E-state index in [1.807, 2.05) is 24.4 Å². The topological polar surface area (TPSA) is 73.6 Å². The first-order valence-electron chi connectivity index (χ1n) is 7.26. The van der Waals surface area contributed by atoms with Gasteiger partial charge >= 0.3 is 0 Å². The van der Waals surface area contributed by atoms with Crippen LogP contribution < -0.4 is 5.73 Å². The smallest absolute Gasteiger partial charge is 0.162 e. The summed E-state index contributed by atoms with van der Waals surface area (Å²) in [5.74, 6) is 2.43. The Bertz CT molecular complexity index is 645. The van der Waals surface area contributed by atoms with Crippen LogP contribution in [-0.4, -0.2) is 29.4 Å². The molecule has 7 heteroatoms. The molecule has 2 aromatic rings. The van der Waals surface area contributed by atoms with Gasteiger partial charge in [-0.3, -0.25) is 4.99 Å². The highest BCUT2D eigenvalue weighted by Crippen LogP contribution is 2.27. The highest BCUT2D eigenvalue weighted by Gasteiger charge is 2.14. The fourth-order valence-electron chi connectivity index (χ4n) is 2.21. The van der Waals surface area contributed by atoms with Crippen LogP contribution in [0.25, 0.3) is 10.8 Å². The first kappa shape index (κ1) is 15.6. The van der Waals surface area contributed by atoms with E-state index in [1.54, 1.807) is 11.3 Å². The van der Waals surface area contributed by atoms with Gasteiger partial charge in [0.2, 0.25) is 0 Å². The Kier molecular flexibility index (Phi) is 5.17. The Morgan fingerprint density at radius 3 is 3.18 bits per heavy atom. The van der Waals surface area contributed by atoms with Crippen LogP contribution in [0.4, 0.5) is 0 Å². The van der Waals surface area contributed by atoms with E-state index in [9.17, 15) is 0 Å². The van der Waals surface area contributed by atoms with Gasteiger partial charge < -0.3 is 14.9 Å². The maximum Gasteiger partial charge on any atom is 0.162 e. The average molecular weight is 337 g/mol. The van der Waals surface area contributed by atoms with Crippen molar-refractivity contribution in [3.05, 3.63) is 29.0 Å². The Hall–Kier alpha value is -1.31. The van der Waals surface area contributed by atoms with Gasteiger partial charge in [-0.15, -0.1) is 11.3 Å². The summed E-state index contributed by atoms with van der Waals surface area (Å²) in [7, 11) is 0. The van der Waals surface area contributed by atoms with Crippen LogP contribution >= 0.6 is 23.1 Å². The molecule has 3 heterocycles. The van der Waals surface area contributed by atoms with Crippen molar-refractivity contribution < 1.29 is 9.15 Å². The molecule has 1 fully saturated rings. The molecule has 0 aromatic carbocycles. The molecule has 118 valence electrons. The monoisotopic (exact) mass is 337 g/mol. The summed E-state index contributed by atoms with van der Waals surface area (Å²) in [6, 6.07) is 3.89. The highest BCUT2D eigenvalue weighted by molar-refractivity contribution is 8.13. The summed E-state index contributed by atoms with van der Waals surface area (Å²) in [4.78, 5) is 8.95. The Balaban J connectivity index is 1.51. The van der Waals surface area contributed by atoms with Gasteiger partial charge in [0.1, 0.15) is 5.76 Å². The van der Waals surface area contributed by atoms with Gasteiger partial charge in [-0.1, -0.05) is 11.8 Å². The van der Waals surface area contributed by atoms with Gasteiger partial charge in [-0.2, -0.15) is 0 Å². The summed E-state index contributed by atoms with van der Waals surface area (Å²) < 4.78 is 11.1. The van der Waals surface area contributed by atoms with Crippen molar-refractivity contribution >= 4 is 28.3 Å². The zero-order valence-corrected chi connectivity index (χ0v) is 14.1. The van der Waals surface area contributed by atoms with E-state index in [0.717, 1.165) is 47.4 Å². The molecule has 22 heavy (non-hydrogen) atoms. The minimum Gasteiger partial charge on any atom is -0.459 e. The summed E-state index contributed by atoms with van der Waals surface area (Å²) in [6.45, 7) is 3.44. The molecule has 3 rings (SSSR count). The fourth-order valence-corrected chi connectivity index (χ4v) is 3.70. The van der Waals surface area contributed by atoms with Crippen molar-refractivity contribution in [2.45, 2.75) is 31.6 Å². The minimum absolute atomic E-state index is 0.243. The molecule has 0 radical (unpaired) electrons. The number of rotatable bonds is 5. The van der Waals surface area contributed by atoms with Gasteiger partial charge in [0, 0.05) is 17.7 Å². The van der Waals surface area contributed by atoms with E-state index < -0.39 is 0 Å². The third kappa shape index (κ3) is 4.12. The number of aliphatic imine (C=N–C) groups is 1. The Morgan fingerprint density at radius 2 is 2.45 bits per heavy atom. The molecule has 1 aliphatic rings. The number of ether oxygens (including phenoxy) is 1. The van der Waals surface area contributed by atoms with Crippen molar-refractivity contribution in [1.29, 1.82) is 0 Å². The average Bonchev–Trinajstić information content (AvgIpc) is 3.24. The number of nitrogens with two attached hydrogens (primary N) is 1. The first-order valence-corrected chi connectivity index (χ1v) is 9.13. The molecule has 1 saturated heterocycles. The number of furan rings is 1. The van der Waals surface area contributed by atoms with E-state index in [0.29, 0.717) is 11.7 Å². The molecule has 0 saturated carbocycles. The molecule has 5 nitrogen and oxygen atoms in total. The summed E-state index contributed by atoms with van der Waals surface area (Å²) >= 11 is 3.09. The number of nitrogens with zero attached hydrogens (tertiary/aromatic N) is 2. The third-order valence-corrected chi connectivity index (χ3v) is 5.12. The molecule has 1 unspecified atom stereocenters. The number of thiazole rings is 1. The second kappa shape index (κ2) is 7.30. The lowest BCUT2D eigenvalue weighted by Gasteiger charge is -2.05. The summed E-state index contributed by atoms with van der Waals surface area (Å²) in [5, 5.41) is 3.53. The molecule has 0 aliphatic carbocycles. The quantitative estimate of drug-likeness (QED) is 0.668. The fraction of sp³-hybridized carbons (Fsp3) is 0.467. The van der Waals surface area contributed by atoms with Gasteiger partial charge in [0.05, 0.1) is 18.3 Å². The second-order valence-corrected chi connectivity index (χ2v) is 7.01. The van der Waals surface area contributed by atoms with Gasteiger partial charge in [-0.25, -0.2) is 4.98 Å². The Labute approximate surface area is 138 Å². The zero-order chi connectivity index (χ0) is 15.4. The normalized spacial score (nSPS) is 19.0. The second-order valence-electron chi connectivity index (χ2n) is 5.16. The predicted octanol–water partition coefficient (Wildman–Crippen LogP) is 3.44. The number of amidine groups is 1. The lowest BCUT2D eigenvalue weighted by Crippen LogP contribution is -2.14. The van der Waals surface area contributed by atoms with Crippen molar-refractivity contribution in [1.82, 2.24) is 4.98 Å². The first-order chi connectivity index (χ1) is 10.7. The number of aryl methyl sites for hydroxylation is 1. The predicted molar refractivity (Wildman–Crippen MR) is 91.3 cm³/mol. The molecule has 0 bridgehead atoms. The number of hydrogen-bond donors (Lipinski definition) is 1. The van der Waals surface area contributed by atoms with Gasteiger partial charge in [0.15, 0.2) is 15.9 Å². The highest BCUT2D eigenvalue weighted by atomic mass is 32.2. The van der Waals surface area contributed by atoms with E-state index in [2.05, 4.69) is 9.98 Å². The van der Waals surface area contributed by atoms with Crippen LogP contribution in [0.2, 0.25) is 0 Å². The molecule has 0 spiro atoms. The molecule has 1 aliphatic heterocycles. The van der Waals surface area contributed by atoms with Crippen molar-refractivity contribution in [3.63, 3.8) is 0 Å². The zero-order valence-electron chi connectivity index (χ0n) is 12.4. The molecule has 0 amide bonds. The van der Waals surface area contributed by atoms with Gasteiger partial charge in [-0.05, 0) is 31.9 Å². The van der Waals surface area contributed by atoms with Crippen LogP contribution in [0.5, 0.6) is 0 Å². The van der Waals surface area contributed by atoms with Crippen LogP contribution in [0.15, 0.2) is 26.9 Å². The maximum absolute atomic E-state index is 5.94. The minimum atomic E-state index is 0.243. The lowest BCUT2D eigenvalue weighted by atomic mass is 10.2. The summed E-state index contributed by atoms with van der Waals surface area (Å²) in [5.41, 5.74) is 6.93. The van der Waals surface area contributed by atoms with Crippen LogP contribution in [0.1, 0.15) is 24.3 Å². The van der Waals surface area contributed by atoms with Crippen molar-refractivity contribution in [3.8, 4) is 10.8 Å². The third-order valence-electron chi connectivity index (χ3n) is 3.35. The van der Waals surface area contributed by atoms with Crippen LogP contribution in [0, 0.1) is 6.92 Å². The number of aromatic nitrogens is 1. The van der Waals surface area contributed by atoms with Crippen molar-refractivity contribution in [2.24, 2.45) is 10.7 Å². The molecular formula is C15H19N3O2S2. The number of thioether (sulfide) groups is 1. The number of hydrogen-bond acceptors (Lipinski definition) is 6. The SMILES string of the molecule is Cc1ccc(-c2nc(CSC(N)=NCC3CCCO3)cs2)o1.